The van der Waals surface area contributed by atoms with Gasteiger partial charge < -0.3 is 19.7 Å². The van der Waals surface area contributed by atoms with Crippen LogP contribution in [-0.4, -0.2) is 55.5 Å². The third kappa shape index (κ3) is 5.69. The van der Waals surface area contributed by atoms with Crippen molar-refractivity contribution in [3.05, 3.63) is 0 Å². The number of carboxylic acid groups (broad SMARTS) is 1. The Morgan fingerprint density at radius 2 is 1.84 bits per heavy atom. The van der Waals surface area contributed by atoms with Crippen LogP contribution in [0.3, 0.4) is 0 Å². The van der Waals surface area contributed by atoms with Crippen molar-refractivity contribution in [3.63, 3.8) is 0 Å². The predicted octanol–water partition coefficient (Wildman–Crippen LogP) is -2.64. The van der Waals surface area contributed by atoms with Gasteiger partial charge in [-0.1, -0.05) is 6.92 Å². The number of imide groups is 1. The fourth-order valence-electron chi connectivity index (χ4n) is 2.11. The molecule has 1 aliphatic heterocycles. The van der Waals surface area contributed by atoms with E-state index in [0.29, 0.717) is 13.1 Å². The van der Waals surface area contributed by atoms with Gasteiger partial charge in [-0.2, -0.15) is 0 Å². The number of hydrogen-bond acceptors (Lipinski definition) is 4. The van der Waals surface area contributed by atoms with Gasteiger partial charge in [0.2, 0.25) is 5.91 Å². The van der Waals surface area contributed by atoms with E-state index in [-0.39, 0.29) is 12.8 Å². The number of amides is 3. The van der Waals surface area contributed by atoms with Crippen LogP contribution in [0.15, 0.2) is 0 Å². The van der Waals surface area contributed by atoms with Crippen molar-refractivity contribution in [1.29, 1.82) is 0 Å². The Hall–Kier alpha value is -1.63. The number of nitrogens with zero attached hydrogens (tertiary/aromatic N) is 1. The maximum atomic E-state index is 11.7. The molecule has 0 radical (unpaired) electrons. The first kappa shape index (κ1) is 15.4. The summed E-state index contributed by atoms with van der Waals surface area (Å²) in [6, 6.07) is -0.432. The lowest BCUT2D eigenvalue weighted by Gasteiger charge is -2.31. The van der Waals surface area contributed by atoms with E-state index in [4.69, 9.17) is 0 Å². The number of nitrogens with one attached hydrogen (secondary N) is 2. The number of carboxylic acids is 1. The number of piperazine rings is 1. The average Bonchev–Trinajstić information content (AvgIpc) is 2.37. The number of carbonyl (C=O) groups is 3. The molecule has 0 saturated carbocycles. The van der Waals surface area contributed by atoms with E-state index in [2.05, 4.69) is 12.2 Å². The molecule has 0 aromatic carbocycles. The summed E-state index contributed by atoms with van der Waals surface area (Å²) in [6.45, 7) is 6.23. The molecule has 0 aromatic rings. The summed E-state index contributed by atoms with van der Waals surface area (Å²) in [4.78, 5) is 36.3. The number of rotatable bonds is 5. The third-order valence-corrected chi connectivity index (χ3v) is 3.16. The van der Waals surface area contributed by atoms with Crippen LogP contribution in [0.2, 0.25) is 0 Å². The summed E-state index contributed by atoms with van der Waals surface area (Å²) >= 11 is 0. The van der Waals surface area contributed by atoms with Crippen molar-refractivity contribution < 1.29 is 24.4 Å². The Morgan fingerprint density at radius 1 is 1.21 bits per heavy atom. The minimum absolute atomic E-state index is 0.227. The van der Waals surface area contributed by atoms with Crippen molar-refractivity contribution >= 4 is 17.9 Å². The van der Waals surface area contributed by atoms with Crippen LogP contribution < -0.4 is 15.3 Å². The van der Waals surface area contributed by atoms with E-state index in [9.17, 15) is 19.5 Å². The Labute approximate surface area is 112 Å². The van der Waals surface area contributed by atoms with Gasteiger partial charge in [0.25, 0.3) is 0 Å². The van der Waals surface area contributed by atoms with Crippen LogP contribution in [-0.2, 0) is 9.59 Å². The molecule has 0 aliphatic carbocycles. The monoisotopic (exact) mass is 271 g/mol. The van der Waals surface area contributed by atoms with Gasteiger partial charge in [0.05, 0.1) is 32.7 Å². The summed E-state index contributed by atoms with van der Waals surface area (Å²) in [7, 11) is 0. The zero-order valence-electron chi connectivity index (χ0n) is 11.2. The van der Waals surface area contributed by atoms with E-state index >= 15 is 0 Å². The lowest BCUT2D eigenvalue weighted by Crippen LogP contribution is -3.14. The summed E-state index contributed by atoms with van der Waals surface area (Å²) in [6.07, 6.45) is 0.520. The second-order valence-electron chi connectivity index (χ2n) is 4.71. The van der Waals surface area contributed by atoms with Gasteiger partial charge >= 0.3 is 6.03 Å². The largest absolute Gasteiger partial charge is 0.550 e. The minimum Gasteiger partial charge on any atom is -0.550 e. The van der Waals surface area contributed by atoms with Crippen LogP contribution in [0.4, 0.5) is 4.79 Å². The number of urea groups is 1. The van der Waals surface area contributed by atoms with Crippen LogP contribution in [0.5, 0.6) is 0 Å². The molecule has 1 aliphatic rings. The smallest absolute Gasteiger partial charge is 0.324 e. The molecule has 3 amide bonds. The van der Waals surface area contributed by atoms with Gasteiger partial charge in [-0.15, -0.1) is 0 Å². The van der Waals surface area contributed by atoms with Crippen LogP contribution in [0.1, 0.15) is 26.2 Å². The second-order valence-corrected chi connectivity index (χ2v) is 4.71. The Balaban J connectivity index is 2.27. The number of aliphatic carboxylic acids is 1. The van der Waals surface area contributed by atoms with E-state index in [1.54, 1.807) is 4.90 Å². The van der Waals surface area contributed by atoms with E-state index in [1.165, 1.54) is 4.90 Å². The second kappa shape index (κ2) is 7.73. The molecule has 0 bridgehead atoms. The quantitative estimate of drug-likeness (QED) is 0.572. The highest BCUT2D eigenvalue weighted by atomic mass is 16.4. The Bertz CT molecular complexity index is 338. The molecular formula is C12H21N3O4. The molecular weight excluding hydrogens is 250 g/mol. The topological polar surface area (TPSA) is 94.0 Å². The first-order valence-corrected chi connectivity index (χ1v) is 6.65. The van der Waals surface area contributed by atoms with Crippen molar-refractivity contribution in [1.82, 2.24) is 10.2 Å². The highest BCUT2D eigenvalue weighted by Crippen LogP contribution is 1.93. The van der Waals surface area contributed by atoms with Gasteiger partial charge in [0, 0.05) is 12.4 Å². The zero-order valence-corrected chi connectivity index (χ0v) is 11.2. The molecule has 0 unspecified atom stereocenters. The summed E-state index contributed by atoms with van der Waals surface area (Å²) in [5, 5.41) is 12.4. The maximum Gasteiger partial charge on any atom is 0.324 e. The molecule has 1 fully saturated rings. The highest BCUT2D eigenvalue weighted by Gasteiger charge is 2.23. The predicted molar refractivity (Wildman–Crippen MR) is 65.2 cm³/mol. The normalized spacial score (nSPS) is 16.2. The first-order valence-electron chi connectivity index (χ1n) is 6.65. The molecule has 0 aromatic heterocycles. The molecule has 19 heavy (non-hydrogen) atoms. The van der Waals surface area contributed by atoms with E-state index in [1.807, 2.05) is 0 Å². The molecule has 0 spiro atoms. The lowest BCUT2D eigenvalue weighted by molar-refractivity contribution is -0.904. The molecule has 7 nitrogen and oxygen atoms in total. The summed E-state index contributed by atoms with van der Waals surface area (Å²) in [5.74, 6) is -1.86. The molecule has 1 saturated heterocycles. The van der Waals surface area contributed by atoms with E-state index in [0.717, 1.165) is 26.1 Å². The molecule has 0 atom stereocenters. The lowest BCUT2D eigenvalue weighted by atomic mass is 10.3. The fourth-order valence-corrected chi connectivity index (χ4v) is 2.11. The third-order valence-electron chi connectivity index (χ3n) is 3.16. The van der Waals surface area contributed by atoms with Crippen LogP contribution in [0, 0.1) is 0 Å². The molecule has 2 N–H and O–H groups in total. The fraction of sp³-hybridized carbons (Fsp3) is 0.750. The molecule has 1 rings (SSSR count). The van der Waals surface area contributed by atoms with Crippen LogP contribution in [0.25, 0.3) is 0 Å². The molecule has 7 heteroatoms. The van der Waals surface area contributed by atoms with Gasteiger partial charge in [-0.05, 0) is 12.8 Å². The number of carbonyl (C=O) groups excluding carboxylic acids is 3. The first-order chi connectivity index (χ1) is 9.02. The SMILES string of the molecule is CCC[NH+]1CCN(C(=O)NC(=O)CCC(=O)[O-])CC1. The minimum atomic E-state index is -1.29. The van der Waals surface area contributed by atoms with Crippen LogP contribution >= 0.6 is 0 Å². The summed E-state index contributed by atoms with van der Waals surface area (Å²) < 4.78 is 0. The van der Waals surface area contributed by atoms with Gasteiger partial charge in [-0.25, -0.2) is 4.79 Å². The highest BCUT2D eigenvalue weighted by molar-refractivity contribution is 5.95. The van der Waals surface area contributed by atoms with E-state index < -0.39 is 17.9 Å². The van der Waals surface area contributed by atoms with Crippen molar-refractivity contribution in [3.8, 4) is 0 Å². The number of hydrogen-bond donors (Lipinski definition) is 2. The van der Waals surface area contributed by atoms with Crippen molar-refractivity contribution in [2.24, 2.45) is 0 Å². The summed E-state index contributed by atoms with van der Waals surface area (Å²) in [5.41, 5.74) is 0. The Morgan fingerprint density at radius 3 is 2.37 bits per heavy atom. The van der Waals surface area contributed by atoms with Crippen molar-refractivity contribution in [2.75, 3.05) is 32.7 Å². The Kier molecular flexibility index (Phi) is 6.27. The standard InChI is InChI=1S/C12H21N3O4/c1-2-5-14-6-8-15(9-7-14)12(19)13-10(16)3-4-11(17)18/h2-9H2,1H3,(H,17,18)(H,13,16,19). The average molecular weight is 271 g/mol. The zero-order chi connectivity index (χ0) is 14.3. The van der Waals surface area contributed by atoms with Gasteiger partial charge in [0.15, 0.2) is 0 Å². The molecule has 1 heterocycles. The van der Waals surface area contributed by atoms with Crippen molar-refractivity contribution in [2.45, 2.75) is 26.2 Å². The number of quaternary nitrogens is 1. The maximum absolute atomic E-state index is 11.7. The molecule has 108 valence electrons. The van der Waals surface area contributed by atoms with Gasteiger partial charge in [0.1, 0.15) is 0 Å². The van der Waals surface area contributed by atoms with Gasteiger partial charge in [-0.3, -0.25) is 10.1 Å².